The summed E-state index contributed by atoms with van der Waals surface area (Å²) in [4.78, 5) is 20.7. The van der Waals surface area contributed by atoms with Gasteiger partial charge in [0.25, 0.3) is 5.91 Å². The maximum absolute atomic E-state index is 12.3. The summed E-state index contributed by atoms with van der Waals surface area (Å²) >= 11 is 3.49. The third-order valence-corrected chi connectivity index (χ3v) is 6.96. The minimum absolute atomic E-state index is 0.0325. The van der Waals surface area contributed by atoms with Gasteiger partial charge in [0.05, 0.1) is 5.01 Å². The summed E-state index contributed by atoms with van der Waals surface area (Å²) in [6, 6.07) is 10.6. The van der Waals surface area contributed by atoms with Gasteiger partial charge in [0.1, 0.15) is 5.69 Å². The van der Waals surface area contributed by atoms with Crippen molar-refractivity contribution < 1.29 is 4.79 Å². The number of rotatable bonds is 8. The monoisotopic (exact) mass is 403 g/mol. The van der Waals surface area contributed by atoms with E-state index in [1.807, 2.05) is 17.1 Å². The molecule has 1 aliphatic rings. The zero-order valence-corrected chi connectivity index (χ0v) is 17.8. The van der Waals surface area contributed by atoms with Gasteiger partial charge in [-0.25, -0.2) is 4.98 Å². The lowest BCUT2D eigenvalue weighted by Crippen LogP contribution is -2.41. The van der Waals surface area contributed by atoms with Crippen molar-refractivity contribution in [3.63, 3.8) is 0 Å². The quantitative estimate of drug-likeness (QED) is 0.659. The lowest BCUT2D eigenvalue weighted by atomic mass is 9.98. The number of benzene rings is 1. The van der Waals surface area contributed by atoms with E-state index < -0.39 is 0 Å². The minimum Gasteiger partial charge on any atom is -0.350 e. The first kappa shape index (κ1) is 20.4. The predicted molar refractivity (Wildman–Crippen MR) is 115 cm³/mol. The fourth-order valence-electron chi connectivity index (χ4n) is 3.31. The molecule has 1 amide bonds. The van der Waals surface area contributed by atoms with E-state index in [1.54, 1.807) is 11.3 Å². The molecular formula is C21H29N3OS2. The highest BCUT2D eigenvalue weighted by Crippen LogP contribution is 2.21. The normalized spacial score (nSPS) is 18.0. The molecule has 0 bridgehead atoms. The fraction of sp³-hybridized carbons (Fsp3) is 0.524. The number of hydrogen-bond donors (Lipinski definition) is 1. The Bertz CT molecular complexity index is 717. The second-order valence-corrected chi connectivity index (χ2v) is 9.46. The van der Waals surface area contributed by atoms with Crippen molar-refractivity contribution in [2.45, 2.75) is 37.5 Å². The Labute approximate surface area is 170 Å². The third kappa shape index (κ3) is 6.33. The summed E-state index contributed by atoms with van der Waals surface area (Å²) in [5.74, 6) is 1.99. The molecule has 1 unspecified atom stereocenters. The Balaban J connectivity index is 1.39. The van der Waals surface area contributed by atoms with Crippen LogP contribution in [-0.2, 0) is 0 Å². The molecule has 0 aliphatic carbocycles. The summed E-state index contributed by atoms with van der Waals surface area (Å²) in [6.45, 7) is 8.30. The molecule has 0 spiro atoms. The zero-order chi connectivity index (χ0) is 19.1. The van der Waals surface area contributed by atoms with Gasteiger partial charge in [-0.05, 0) is 37.4 Å². The van der Waals surface area contributed by atoms with Crippen molar-refractivity contribution >= 4 is 29.0 Å². The molecule has 27 heavy (non-hydrogen) atoms. The molecule has 2 heterocycles. The molecule has 1 aromatic carbocycles. The second-order valence-electron chi connectivity index (χ2n) is 7.41. The van der Waals surface area contributed by atoms with E-state index in [0.29, 0.717) is 17.5 Å². The highest BCUT2D eigenvalue weighted by molar-refractivity contribution is 7.99. The highest BCUT2D eigenvalue weighted by Gasteiger charge is 2.21. The van der Waals surface area contributed by atoms with Crippen molar-refractivity contribution in [1.29, 1.82) is 0 Å². The van der Waals surface area contributed by atoms with Crippen LogP contribution in [0.3, 0.4) is 0 Å². The maximum Gasteiger partial charge on any atom is 0.270 e. The van der Waals surface area contributed by atoms with Gasteiger partial charge in [-0.15, -0.1) is 23.1 Å². The van der Waals surface area contributed by atoms with Crippen molar-refractivity contribution in [3.05, 3.63) is 46.4 Å². The molecule has 2 aromatic rings. The molecule has 3 rings (SSSR count). The third-order valence-electron chi connectivity index (χ3n) is 4.82. The highest BCUT2D eigenvalue weighted by atomic mass is 32.2. The van der Waals surface area contributed by atoms with Gasteiger partial charge >= 0.3 is 0 Å². The Morgan fingerprint density at radius 2 is 2.19 bits per heavy atom. The van der Waals surface area contributed by atoms with E-state index in [-0.39, 0.29) is 5.91 Å². The van der Waals surface area contributed by atoms with Crippen LogP contribution in [0.25, 0.3) is 0 Å². The molecule has 1 aromatic heterocycles. The molecule has 1 saturated heterocycles. The Morgan fingerprint density at radius 1 is 1.37 bits per heavy atom. The number of carbonyl (C=O) groups is 1. The molecule has 6 heteroatoms. The van der Waals surface area contributed by atoms with Crippen molar-refractivity contribution in [1.82, 2.24) is 15.2 Å². The Hall–Kier alpha value is -1.37. The fourth-order valence-corrected chi connectivity index (χ4v) is 5.07. The van der Waals surface area contributed by atoms with Crippen LogP contribution in [0.2, 0.25) is 0 Å². The summed E-state index contributed by atoms with van der Waals surface area (Å²) in [5, 5.41) is 6.00. The lowest BCUT2D eigenvalue weighted by molar-refractivity contribution is 0.0929. The van der Waals surface area contributed by atoms with Crippen LogP contribution in [0.5, 0.6) is 0 Å². The van der Waals surface area contributed by atoms with Crippen LogP contribution in [0, 0.1) is 5.92 Å². The largest absolute Gasteiger partial charge is 0.350 e. The first-order chi connectivity index (χ1) is 13.1. The van der Waals surface area contributed by atoms with E-state index in [0.717, 1.165) is 30.4 Å². The molecule has 1 fully saturated rings. The molecule has 0 saturated carbocycles. The van der Waals surface area contributed by atoms with Crippen LogP contribution in [-0.4, -0.2) is 47.7 Å². The van der Waals surface area contributed by atoms with Gasteiger partial charge in [-0.2, -0.15) is 0 Å². The van der Waals surface area contributed by atoms with Crippen LogP contribution in [0.1, 0.15) is 48.1 Å². The van der Waals surface area contributed by atoms with Crippen LogP contribution in [0.15, 0.2) is 40.6 Å². The number of piperidine rings is 1. The molecule has 1 aliphatic heterocycles. The summed E-state index contributed by atoms with van der Waals surface area (Å²) < 4.78 is 0. The average molecular weight is 404 g/mol. The number of amides is 1. The number of thiazole rings is 1. The van der Waals surface area contributed by atoms with Crippen molar-refractivity contribution in [2.24, 2.45) is 5.92 Å². The van der Waals surface area contributed by atoms with Crippen LogP contribution >= 0.6 is 23.1 Å². The van der Waals surface area contributed by atoms with E-state index in [4.69, 9.17) is 0 Å². The van der Waals surface area contributed by atoms with Crippen molar-refractivity contribution in [3.8, 4) is 0 Å². The first-order valence-corrected chi connectivity index (χ1v) is 11.6. The van der Waals surface area contributed by atoms with Gasteiger partial charge in [-0.3, -0.25) is 4.79 Å². The summed E-state index contributed by atoms with van der Waals surface area (Å²) in [7, 11) is 0. The molecular weight excluding hydrogens is 374 g/mol. The van der Waals surface area contributed by atoms with Gasteiger partial charge < -0.3 is 10.2 Å². The molecule has 0 radical (unpaired) electrons. The Kier molecular flexibility index (Phi) is 7.73. The maximum atomic E-state index is 12.3. The summed E-state index contributed by atoms with van der Waals surface area (Å²) in [6.07, 6.45) is 2.40. The van der Waals surface area contributed by atoms with Crippen LogP contribution < -0.4 is 5.32 Å². The number of thioether (sulfide) groups is 1. The number of nitrogens with one attached hydrogen (secondary N) is 1. The number of nitrogens with zero attached hydrogens (tertiary/aromatic N) is 2. The summed E-state index contributed by atoms with van der Waals surface area (Å²) in [5.41, 5.74) is 0.565. The molecule has 1 N–H and O–H groups in total. The predicted octanol–water partition coefficient (Wildman–Crippen LogP) is 4.50. The average Bonchev–Trinajstić information content (AvgIpc) is 3.18. The van der Waals surface area contributed by atoms with Gasteiger partial charge in [-0.1, -0.05) is 32.0 Å². The van der Waals surface area contributed by atoms with Gasteiger partial charge in [0.15, 0.2) is 0 Å². The van der Waals surface area contributed by atoms with Gasteiger partial charge in [0.2, 0.25) is 0 Å². The topological polar surface area (TPSA) is 45.2 Å². The van der Waals surface area contributed by atoms with Crippen molar-refractivity contribution in [2.75, 3.05) is 31.9 Å². The molecule has 146 valence electrons. The zero-order valence-electron chi connectivity index (χ0n) is 16.2. The van der Waals surface area contributed by atoms with E-state index in [9.17, 15) is 4.79 Å². The minimum atomic E-state index is -0.0325. The number of likely N-dealkylation sites (tertiary alicyclic amines) is 1. The first-order valence-electron chi connectivity index (χ1n) is 9.75. The smallest absolute Gasteiger partial charge is 0.270 e. The van der Waals surface area contributed by atoms with E-state index in [1.165, 1.54) is 24.3 Å². The standard InChI is InChI=1S/C21H29N3OS2/c1-16(2)21-23-19(15-27-21)20(25)22-13-17-7-6-10-24(14-17)11-12-26-18-8-4-3-5-9-18/h3-5,8-9,15-17H,6-7,10-14H2,1-2H3,(H,22,25). The Morgan fingerprint density at radius 3 is 2.93 bits per heavy atom. The molecule has 4 nitrogen and oxygen atoms in total. The lowest BCUT2D eigenvalue weighted by Gasteiger charge is -2.32. The van der Waals surface area contributed by atoms with Gasteiger partial charge in [0, 0.05) is 41.6 Å². The number of carbonyl (C=O) groups excluding carboxylic acids is 1. The number of aromatic nitrogens is 1. The van der Waals surface area contributed by atoms with Crippen LogP contribution in [0.4, 0.5) is 0 Å². The van der Waals surface area contributed by atoms with E-state index >= 15 is 0 Å². The molecule has 1 atom stereocenters. The second kappa shape index (κ2) is 10.2. The SMILES string of the molecule is CC(C)c1nc(C(=O)NCC2CCCN(CCSc3ccccc3)C2)cs1. The van der Waals surface area contributed by atoms with E-state index in [2.05, 4.69) is 59.4 Å². The number of hydrogen-bond acceptors (Lipinski definition) is 5.